The van der Waals surface area contributed by atoms with Gasteiger partial charge in [-0.25, -0.2) is 14.8 Å². The number of nitrogens with one attached hydrogen (secondary N) is 1. The molecule has 35 heavy (non-hydrogen) atoms. The highest BCUT2D eigenvalue weighted by atomic mass is 16.2. The van der Waals surface area contributed by atoms with E-state index >= 15 is 0 Å². The lowest BCUT2D eigenvalue weighted by atomic mass is 9.92. The maximum Gasteiger partial charge on any atom is 0.321 e. The molecule has 0 radical (unpaired) electrons. The Kier molecular flexibility index (Phi) is 5.94. The molecule has 2 aliphatic rings. The van der Waals surface area contributed by atoms with Gasteiger partial charge in [0, 0.05) is 55.1 Å². The Morgan fingerprint density at radius 1 is 1.00 bits per heavy atom. The number of urea groups is 1. The van der Waals surface area contributed by atoms with Crippen LogP contribution in [0.25, 0.3) is 22.2 Å². The molecule has 1 saturated heterocycles. The molecule has 2 aromatic carbocycles. The predicted octanol–water partition coefficient (Wildman–Crippen LogP) is 5.92. The number of hydrogen-bond donors (Lipinski definition) is 1. The summed E-state index contributed by atoms with van der Waals surface area (Å²) >= 11 is 0. The first-order valence-corrected chi connectivity index (χ1v) is 12.8. The highest BCUT2D eigenvalue weighted by molar-refractivity contribution is 5.97. The SMILES string of the molecule is O=C(Nc1ccccc1)N1CCC(CCc2nccc(-c3cn4c5c(cccc35)CCC4)n2)CC1. The second kappa shape index (κ2) is 9.53. The summed E-state index contributed by atoms with van der Waals surface area (Å²) in [5.41, 5.74) is 5.89. The Balaban J connectivity index is 1.08. The first-order valence-electron chi connectivity index (χ1n) is 12.8. The van der Waals surface area contributed by atoms with Gasteiger partial charge in [0.25, 0.3) is 0 Å². The van der Waals surface area contributed by atoms with E-state index < -0.39 is 0 Å². The van der Waals surface area contributed by atoms with Gasteiger partial charge >= 0.3 is 6.03 Å². The van der Waals surface area contributed by atoms with Crippen LogP contribution in [-0.4, -0.2) is 38.6 Å². The molecule has 0 spiro atoms. The molecule has 2 amide bonds. The molecule has 0 aliphatic carbocycles. The highest BCUT2D eigenvalue weighted by Crippen LogP contribution is 2.34. The summed E-state index contributed by atoms with van der Waals surface area (Å²) in [7, 11) is 0. The molecule has 0 bridgehead atoms. The fourth-order valence-corrected chi connectivity index (χ4v) is 5.61. The maximum atomic E-state index is 12.6. The number of aryl methyl sites for hydroxylation is 3. The molecule has 6 heteroatoms. The van der Waals surface area contributed by atoms with Crippen molar-refractivity contribution in [2.24, 2.45) is 5.92 Å². The number of piperidine rings is 1. The van der Waals surface area contributed by atoms with Crippen LogP contribution < -0.4 is 5.32 Å². The van der Waals surface area contributed by atoms with Crippen LogP contribution in [0.15, 0.2) is 67.0 Å². The normalized spacial score (nSPS) is 15.9. The molecule has 0 atom stereocenters. The van der Waals surface area contributed by atoms with Crippen molar-refractivity contribution in [3.63, 3.8) is 0 Å². The summed E-state index contributed by atoms with van der Waals surface area (Å²) in [5, 5.41) is 4.30. The molecule has 6 rings (SSSR count). The van der Waals surface area contributed by atoms with Crippen LogP contribution in [0.5, 0.6) is 0 Å². The van der Waals surface area contributed by atoms with Gasteiger partial charge in [0.05, 0.1) is 11.2 Å². The molecule has 0 saturated carbocycles. The molecule has 2 aromatic heterocycles. The van der Waals surface area contributed by atoms with Crippen molar-refractivity contribution in [2.75, 3.05) is 18.4 Å². The summed E-state index contributed by atoms with van der Waals surface area (Å²) in [4.78, 5) is 24.0. The van der Waals surface area contributed by atoms with Gasteiger partial charge in [0.15, 0.2) is 0 Å². The summed E-state index contributed by atoms with van der Waals surface area (Å²) < 4.78 is 2.40. The van der Waals surface area contributed by atoms with E-state index in [0.717, 1.165) is 68.9 Å². The Morgan fingerprint density at radius 2 is 1.86 bits per heavy atom. The van der Waals surface area contributed by atoms with Crippen LogP contribution in [0.2, 0.25) is 0 Å². The van der Waals surface area contributed by atoms with E-state index in [1.165, 1.54) is 28.5 Å². The molecular weight excluding hydrogens is 434 g/mol. The number of benzene rings is 2. The Bertz CT molecular complexity index is 1340. The molecule has 178 valence electrons. The van der Waals surface area contributed by atoms with E-state index in [9.17, 15) is 4.79 Å². The monoisotopic (exact) mass is 465 g/mol. The first-order chi connectivity index (χ1) is 17.2. The number of carbonyl (C=O) groups excluding carboxylic acids is 1. The largest absolute Gasteiger partial charge is 0.347 e. The summed E-state index contributed by atoms with van der Waals surface area (Å²) in [6.45, 7) is 2.67. The van der Waals surface area contributed by atoms with Crippen molar-refractivity contribution in [2.45, 2.75) is 45.1 Å². The van der Waals surface area contributed by atoms with Crippen molar-refractivity contribution in [3.8, 4) is 11.3 Å². The van der Waals surface area contributed by atoms with Gasteiger partial charge in [-0.05, 0) is 61.8 Å². The third-order valence-corrected chi connectivity index (χ3v) is 7.51. The fourth-order valence-electron chi connectivity index (χ4n) is 5.61. The highest BCUT2D eigenvalue weighted by Gasteiger charge is 2.23. The zero-order chi connectivity index (χ0) is 23.6. The zero-order valence-electron chi connectivity index (χ0n) is 20.0. The number of carbonyl (C=O) groups is 1. The lowest BCUT2D eigenvalue weighted by molar-refractivity contribution is 0.180. The topological polar surface area (TPSA) is 63.1 Å². The zero-order valence-corrected chi connectivity index (χ0v) is 20.0. The Labute approximate surface area is 206 Å². The van der Waals surface area contributed by atoms with Gasteiger partial charge < -0.3 is 14.8 Å². The summed E-state index contributed by atoms with van der Waals surface area (Å²) in [6.07, 6.45) is 10.5. The smallest absolute Gasteiger partial charge is 0.321 e. The molecule has 1 fully saturated rings. The van der Waals surface area contributed by atoms with E-state index in [2.05, 4.69) is 39.3 Å². The van der Waals surface area contributed by atoms with E-state index in [1.54, 1.807) is 0 Å². The number of likely N-dealkylation sites (tertiary alicyclic amines) is 1. The van der Waals surface area contributed by atoms with E-state index in [1.807, 2.05) is 47.5 Å². The van der Waals surface area contributed by atoms with Gasteiger partial charge in [-0.2, -0.15) is 0 Å². The fraction of sp³-hybridized carbons (Fsp3) is 0.345. The second-order valence-electron chi connectivity index (χ2n) is 9.78. The molecule has 4 heterocycles. The number of aromatic nitrogens is 3. The second-order valence-corrected chi connectivity index (χ2v) is 9.78. The minimum absolute atomic E-state index is 0.00281. The third kappa shape index (κ3) is 4.53. The van der Waals surface area contributed by atoms with Crippen LogP contribution in [0.4, 0.5) is 10.5 Å². The number of amides is 2. The van der Waals surface area contributed by atoms with E-state index in [4.69, 9.17) is 4.98 Å². The van der Waals surface area contributed by atoms with Gasteiger partial charge in [0.2, 0.25) is 0 Å². The number of rotatable bonds is 5. The minimum atomic E-state index is -0.00281. The van der Waals surface area contributed by atoms with Gasteiger partial charge in [-0.1, -0.05) is 36.4 Å². The van der Waals surface area contributed by atoms with Crippen molar-refractivity contribution < 1.29 is 4.79 Å². The summed E-state index contributed by atoms with van der Waals surface area (Å²) in [5.74, 6) is 1.51. The standard InChI is InChI=1S/C29H31N5O/c35-29(31-23-8-2-1-3-9-23)33-18-14-21(15-19-33)11-12-27-30-16-13-26(32-27)25-20-34-17-5-7-22-6-4-10-24(25)28(22)34/h1-4,6,8-10,13,16,20-21H,5,7,11-12,14-15,17-19H2,(H,31,35). The molecule has 4 aromatic rings. The molecular formula is C29H31N5O. The Morgan fingerprint density at radius 3 is 2.71 bits per heavy atom. The van der Waals surface area contributed by atoms with Crippen LogP contribution in [-0.2, 0) is 19.4 Å². The molecule has 0 unspecified atom stereocenters. The van der Waals surface area contributed by atoms with Crippen molar-refractivity contribution in [1.29, 1.82) is 0 Å². The van der Waals surface area contributed by atoms with Gasteiger partial charge in [-0.15, -0.1) is 0 Å². The maximum absolute atomic E-state index is 12.6. The van der Waals surface area contributed by atoms with Crippen molar-refractivity contribution in [1.82, 2.24) is 19.4 Å². The number of nitrogens with zero attached hydrogens (tertiary/aromatic N) is 4. The Hall–Kier alpha value is -3.67. The number of anilines is 1. The molecule has 1 N–H and O–H groups in total. The van der Waals surface area contributed by atoms with Crippen LogP contribution in [0.1, 0.15) is 37.1 Å². The van der Waals surface area contributed by atoms with E-state index in [-0.39, 0.29) is 6.03 Å². The van der Waals surface area contributed by atoms with Crippen LogP contribution in [0, 0.1) is 5.92 Å². The minimum Gasteiger partial charge on any atom is -0.347 e. The first kappa shape index (κ1) is 21.8. The third-order valence-electron chi connectivity index (χ3n) is 7.51. The number of para-hydroxylation sites is 2. The van der Waals surface area contributed by atoms with Crippen molar-refractivity contribution in [3.05, 3.63) is 78.4 Å². The average Bonchev–Trinajstić information content (AvgIpc) is 3.29. The van der Waals surface area contributed by atoms with Gasteiger partial charge in [0.1, 0.15) is 5.82 Å². The van der Waals surface area contributed by atoms with Crippen LogP contribution in [0.3, 0.4) is 0 Å². The quantitative estimate of drug-likeness (QED) is 0.398. The lowest BCUT2D eigenvalue weighted by Crippen LogP contribution is -2.41. The number of hydrogen-bond acceptors (Lipinski definition) is 3. The van der Waals surface area contributed by atoms with Crippen LogP contribution >= 0.6 is 0 Å². The predicted molar refractivity (Wildman–Crippen MR) is 139 cm³/mol. The molecule has 6 nitrogen and oxygen atoms in total. The van der Waals surface area contributed by atoms with E-state index in [0.29, 0.717) is 5.92 Å². The summed E-state index contributed by atoms with van der Waals surface area (Å²) in [6, 6.07) is 18.3. The lowest BCUT2D eigenvalue weighted by Gasteiger charge is -2.32. The van der Waals surface area contributed by atoms with Crippen molar-refractivity contribution >= 4 is 22.6 Å². The average molecular weight is 466 g/mol. The molecule has 2 aliphatic heterocycles. The van der Waals surface area contributed by atoms with Gasteiger partial charge in [-0.3, -0.25) is 0 Å².